The molecule has 5 heteroatoms. The summed E-state index contributed by atoms with van der Waals surface area (Å²) in [6.07, 6.45) is 0. The van der Waals surface area contributed by atoms with Gasteiger partial charge in [-0.1, -0.05) is 72.4 Å². The molecule has 0 saturated carbocycles. The number of fused-ring (bicyclic) bond motifs is 1. The van der Waals surface area contributed by atoms with Gasteiger partial charge in [0.1, 0.15) is 6.04 Å². The van der Waals surface area contributed by atoms with Gasteiger partial charge in [-0.25, -0.2) is 4.79 Å². The first-order chi connectivity index (χ1) is 12.2. The van der Waals surface area contributed by atoms with Crippen LogP contribution in [-0.4, -0.2) is 38.8 Å². The summed E-state index contributed by atoms with van der Waals surface area (Å²) in [6, 6.07) is 19.4. The van der Waals surface area contributed by atoms with Crippen LogP contribution in [0.4, 0.5) is 4.79 Å². The van der Waals surface area contributed by atoms with Crippen molar-refractivity contribution in [2.75, 3.05) is 5.75 Å². The second-order valence-corrected chi connectivity index (χ2v) is 7.56. The summed E-state index contributed by atoms with van der Waals surface area (Å²) in [4.78, 5) is 29.3. The lowest BCUT2D eigenvalue weighted by Crippen LogP contribution is -2.38. The molecule has 0 N–H and O–H groups in total. The number of thioether (sulfide) groups is 1. The van der Waals surface area contributed by atoms with E-state index in [-0.39, 0.29) is 29.3 Å². The first-order valence-electron chi connectivity index (χ1n) is 8.51. The van der Waals surface area contributed by atoms with E-state index in [0.29, 0.717) is 12.3 Å². The molecule has 2 aromatic carbocycles. The molecule has 3 atom stereocenters. The van der Waals surface area contributed by atoms with E-state index >= 15 is 0 Å². The minimum absolute atomic E-state index is 0.0381. The lowest BCUT2D eigenvalue weighted by molar-refractivity contribution is -0.114. The summed E-state index contributed by atoms with van der Waals surface area (Å²) < 4.78 is 0. The zero-order valence-electron chi connectivity index (χ0n) is 14.0. The quantitative estimate of drug-likeness (QED) is 0.788. The highest BCUT2D eigenvalue weighted by Gasteiger charge is 2.54. The lowest BCUT2D eigenvalue weighted by atomic mass is 10.0. The minimum atomic E-state index is -0.344. The van der Waals surface area contributed by atoms with Gasteiger partial charge in [-0.2, -0.15) is 0 Å². The highest BCUT2D eigenvalue weighted by Crippen LogP contribution is 2.40. The Kier molecular flexibility index (Phi) is 4.25. The van der Waals surface area contributed by atoms with Gasteiger partial charge in [-0.3, -0.25) is 4.79 Å². The van der Waals surface area contributed by atoms with E-state index in [1.807, 2.05) is 72.5 Å². The van der Waals surface area contributed by atoms with Crippen LogP contribution in [0.2, 0.25) is 0 Å². The van der Waals surface area contributed by atoms with Crippen molar-refractivity contribution in [3.05, 3.63) is 71.8 Å². The van der Waals surface area contributed by atoms with E-state index in [4.69, 9.17) is 0 Å². The number of carbonyl (C=O) groups is 2. The first-order valence-corrected chi connectivity index (χ1v) is 9.50. The molecule has 2 fully saturated rings. The average Bonchev–Trinajstić information content (AvgIpc) is 3.14. The highest BCUT2D eigenvalue weighted by molar-refractivity contribution is 8.14. The third-order valence-electron chi connectivity index (χ3n) is 5.06. The fourth-order valence-corrected chi connectivity index (χ4v) is 4.90. The molecule has 0 aromatic heterocycles. The van der Waals surface area contributed by atoms with Crippen LogP contribution < -0.4 is 0 Å². The van der Waals surface area contributed by atoms with Gasteiger partial charge in [-0.15, -0.1) is 0 Å². The monoisotopic (exact) mass is 352 g/mol. The fraction of sp³-hybridized carbons (Fsp3) is 0.300. The average molecular weight is 352 g/mol. The fourth-order valence-electron chi connectivity index (χ4n) is 3.77. The third kappa shape index (κ3) is 2.82. The minimum Gasteiger partial charge on any atom is -0.311 e. The number of rotatable bonds is 4. The van der Waals surface area contributed by atoms with Gasteiger partial charge in [0.05, 0.1) is 12.1 Å². The predicted octanol–water partition coefficient (Wildman–Crippen LogP) is 3.70. The molecule has 2 amide bonds. The Labute approximate surface area is 151 Å². The summed E-state index contributed by atoms with van der Waals surface area (Å²) in [5.74, 6) is 0.678. The van der Waals surface area contributed by atoms with Crippen molar-refractivity contribution in [2.24, 2.45) is 0 Å². The molecule has 2 aliphatic heterocycles. The molecule has 0 unspecified atom stereocenters. The summed E-state index contributed by atoms with van der Waals surface area (Å²) >= 11 is 1.35. The second-order valence-electron chi connectivity index (χ2n) is 6.53. The van der Waals surface area contributed by atoms with Gasteiger partial charge in [0.15, 0.2) is 0 Å². The summed E-state index contributed by atoms with van der Waals surface area (Å²) in [7, 11) is 0. The van der Waals surface area contributed by atoms with Crippen molar-refractivity contribution >= 4 is 22.9 Å². The number of benzene rings is 2. The van der Waals surface area contributed by atoms with E-state index in [0.717, 1.165) is 11.1 Å². The van der Waals surface area contributed by atoms with Crippen LogP contribution in [0.15, 0.2) is 60.7 Å². The Bertz CT molecular complexity index is 781. The van der Waals surface area contributed by atoms with Crippen LogP contribution >= 0.6 is 11.8 Å². The summed E-state index contributed by atoms with van der Waals surface area (Å²) in [5, 5.41) is 0.108. The molecule has 2 heterocycles. The molecular weight excluding hydrogens is 332 g/mol. The number of urea groups is 1. The maximum absolute atomic E-state index is 13.2. The largest absolute Gasteiger partial charge is 0.321 e. The van der Waals surface area contributed by atoms with E-state index < -0.39 is 0 Å². The molecule has 4 rings (SSSR count). The van der Waals surface area contributed by atoms with Crippen molar-refractivity contribution in [1.29, 1.82) is 0 Å². The number of hydrogen-bond acceptors (Lipinski definition) is 3. The van der Waals surface area contributed by atoms with Crippen LogP contribution in [0.25, 0.3) is 0 Å². The van der Waals surface area contributed by atoms with Crippen molar-refractivity contribution in [3.8, 4) is 0 Å². The Morgan fingerprint density at radius 1 is 1.04 bits per heavy atom. The number of nitrogens with zero attached hydrogens (tertiary/aromatic N) is 2. The van der Waals surface area contributed by atoms with Gasteiger partial charge in [0, 0.05) is 12.3 Å². The number of hydrogen-bond donors (Lipinski definition) is 0. The van der Waals surface area contributed by atoms with Gasteiger partial charge in [0.2, 0.25) is 5.12 Å². The molecule has 0 aliphatic carbocycles. The maximum Gasteiger partial charge on any atom is 0.321 e. The molecule has 2 aromatic rings. The van der Waals surface area contributed by atoms with Gasteiger partial charge in [-0.05, 0) is 18.1 Å². The standard InChI is InChI=1S/C20H20N2O2S/c1-14(16-10-6-3-7-11-16)22-17-13-25-19(23)18(17)21(20(22)24)12-15-8-4-2-5-9-15/h2-11,14,17-18H,12-13H2,1H3/t14-,17+,18+/m1/s1. The zero-order valence-corrected chi connectivity index (χ0v) is 14.9. The SMILES string of the molecule is C[C@H](c1ccccc1)N1C(=O)N(Cc2ccccc2)[C@@H]2C(=O)SC[C@@H]21. The molecule has 2 aliphatic rings. The Balaban J connectivity index is 1.65. The van der Waals surface area contributed by atoms with Crippen molar-refractivity contribution in [2.45, 2.75) is 31.6 Å². The Hall–Kier alpha value is -2.27. The van der Waals surface area contributed by atoms with E-state index in [1.54, 1.807) is 4.90 Å². The molecule has 4 nitrogen and oxygen atoms in total. The van der Waals surface area contributed by atoms with Crippen LogP contribution in [0.1, 0.15) is 24.1 Å². The van der Waals surface area contributed by atoms with Crippen LogP contribution in [-0.2, 0) is 11.3 Å². The lowest BCUT2D eigenvalue weighted by Gasteiger charge is -2.29. The highest BCUT2D eigenvalue weighted by atomic mass is 32.2. The Morgan fingerprint density at radius 2 is 1.68 bits per heavy atom. The van der Waals surface area contributed by atoms with Crippen molar-refractivity contribution < 1.29 is 9.59 Å². The summed E-state index contributed by atoms with van der Waals surface area (Å²) in [6.45, 7) is 2.52. The van der Waals surface area contributed by atoms with Crippen LogP contribution in [0.5, 0.6) is 0 Å². The molecular formula is C20H20N2O2S. The molecule has 128 valence electrons. The maximum atomic E-state index is 13.2. The van der Waals surface area contributed by atoms with Crippen molar-refractivity contribution in [1.82, 2.24) is 9.80 Å². The first kappa shape index (κ1) is 16.2. The molecule has 25 heavy (non-hydrogen) atoms. The summed E-state index contributed by atoms with van der Waals surface area (Å²) in [5.41, 5.74) is 2.15. The van der Waals surface area contributed by atoms with Gasteiger partial charge >= 0.3 is 6.03 Å². The predicted molar refractivity (Wildman–Crippen MR) is 99.1 cm³/mol. The second kappa shape index (κ2) is 6.56. The van der Waals surface area contributed by atoms with Gasteiger partial charge < -0.3 is 9.80 Å². The van der Waals surface area contributed by atoms with Gasteiger partial charge in [0.25, 0.3) is 0 Å². The zero-order chi connectivity index (χ0) is 17.4. The Morgan fingerprint density at radius 3 is 2.36 bits per heavy atom. The topological polar surface area (TPSA) is 40.6 Å². The van der Waals surface area contributed by atoms with E-state index in [9.17, 15) is 9.59 Å². The van der Waals surface area contributed by atoms with Crippen molar-refractivity contribution in [3.63, 3.8) is 0 Å². The number of amides is 2. The smallest absolute Gasteiger partial charge is 0.311 e. The molecule has 0 spiro atoms. The van der Waals surface area contributed by atoms with Crippen LogP contribution in [0.3, 0.4) is 0 Å². The number of carbonyl (C=O) groups excluding carboxylic acids is 2. The third-order valence-corrected chi connectivity index (χ3v) is 6.09. The molecule has 0 bridgehead atoms. The van der Waals surface area contributed by atoms with E-state index in [2.05, 4.69) is 0 Å². The van der Waals surface area contributed by atoms with E-state index in [1.165, 1.54) is 11.8 Å². The normalized spacial score (nSPS) is 23.9. The van der Waals surface area contributed by atoms with Crippen LogP contribution in [0, 0.1) is 0 Å². The molecule has 2 saturated heterocycles. The molecule has 0 radical (unpaired) electrons.